The van der Waals surface area contributed by atoms with Crippen molar-refractivity contribution in [1.82, 2.24) is 0 Å². The van der Waals surface area contributed by atoms with E-state index in [0.717, 1.165) is 47.9 Å². The maximum absolute atomic E-state index is 13.2. The van der Waals surface area contributed by atoms with E-state index in [-0.39, 0.29) is 35.3 Å². The Labute approximate surface area is 290 Å². The maximum Gasteiger partial charge on any atom is 0.306 e. The molecule has 2 aliphatic carbocycles. The molecule has 5 rings (SSSR count). The van der Waals surface area contributed by atoms with Crippen molar-refractivity contribution in [1.29, 1.82) is 0 Å². The summed E-state index contributed by atoms with van der Waals surface area (Å²) >= 11 is 0. The summed E-state index contributed by atoms with van der Waals surface area (Å²) in [5.41, 5.74) is 3.50. The van der Waals surface area contributed by atoms with Crippen molar-refractivity contribution < 1.29 is 38.7 Å². The van der Waals surface area contributed by atoms with Crippen LogP contribution in [0.4, 0.5) is 0 Å². The molecule has 1 saturated carbocycles. The zero-order valence-electron chi connectivity index (χ0n) is 29.2. The van der Waals surface area contributed by atoms with Crippen molar-refractivity contribution in [2.45, 2.75) is 96.2 Å². The number of phenolic OH excluding ortho intramolecular Hbond substituents is 2. The summed E-state index contributed by atoms with van der Waals surface area (Å²) in [6.45, 7) is 3.57. The van der Waals surface area contributed by atoms with E-state index in [2.05, 4.69) is 31.2 Å². The Hall–Kier alpha value is -4.46. The number of phenols is 2. The van der Waals surface area contributed by atoms with Gasteiger partial charge in [0.15, 0.2) is 23.0 Å². The van der Waals surface area contributed by atoms with E-state index in [1.807, 2.05) is 36.4 Å². The first-order valence-corrected chi connectivity index (χ1v) is 17.5. The van der Waals surface area contributed by atoms with Crippen LogP contribution in [0.2, 0.25) is 0 Å². The van der Waals surface area contributed by atoms with Crippen LogP contribution in [-0.4, -0.2) is 48.6 Å². The van der Waals surface area contributed by atoms with Crippen LogP contribution in [-0.2, 0) is 31.9 Å². The molecule has 0 radical (unpaired) electrons. The minimum atomic E-state index is -0.543. The lowest BCUT2D eigenvalue weighted by Gasteiger charge is -2.50. The average Bonchev–Trinajstić information content (AvgIpc) is 3.08. The number of hydrogen-bond acceptors (Lipinski definition) is 8. The van der Waals surface area contributed by atoms with Crippen molar-refractivity contribution >= 4 is 18.0 Å². The summed E-state index contributed by atoms with van der Waals surface area (Å²) in [6, 6.07) is 19.2. The lowest BCUT2D eigenvalue weighted by Crippen LogP contribution is -2.49. The third-order valence-corrected chi connectivity index (χ3v) is 10.2. The predicted octanol–water partition coefficient (Wildman–Crippen LogP) is 8.31. The third-order valence-electron chi connectivity index (χ3n) is 10.2. The molecule has 0 spiro atoms. The van der Waals surface area contributed by atoms with Crippen molar-refractivity contribution in [2.75, 3.05) is 14.2 Å². The van der Waals surface area contributed by atoms with Crippen LogP contribution in [0.5, 0.6) is 23.0 Å². The molecule has 5 unspecified atom stereocenters. The molecular weight excluding hydrogens is 620 g/mol. The quantitative estimate of drug-likeness (QED) is 0.146. The SMILES string of the molecule is CCCCCCC(=O)OC1CC(c2ccc(O)c(OC)c2)CC2(C=Cc3ccccc3)Cc3cc(O)c(OC)cc3CC2C(OC(C)=O)C1. The molecule has 49 heavy (non-hydrogen) atoms. The Bertz CT molecular complexity index is 1620. The lowest BCUT2D eigenvalue weighted by molar-refractivity contribution is -0.161. The third kappa shape index (κ3) is 8.77. The van der Waals surface area contributed by atoms with E-state index < -0.39 is 17.6 Å². The van der Waals surface area contributed by atoms with Gasteiger partial charge in [-0.3, -0.25) is 9.59 Å². The van der Waals surface area contributed by atoms with Gasteiger partial charge in [0.05, 0.1) is 14.2 Å². The van der Waals surface area contributed by atoms with Crippen LogP contribution in [0, 0.1) is 11.3 Å². The van der Waals surface area contributed by atoms with Crippen molar-refractivity contribution in [3.63, 3.8) is 0 Å². The molecule has 5 atom stereocenters. The van der Waals surface area contributed by atoms with E-state index >= 15 is 0 Å². The maximum atomic E-state index is 13.2. The molecule has 3 aromatic carbocycles. The molecule has 1 fully saturated rings. The van der Waals surface area contributed by atoms with Crippen molar-refractivity contribution in [3.8, 4) is 23.0 Å². The number of esters is 2. The van der Waals surface area contributed by atoms with Gasteiger partial charge in [0, 0.05) is 25.7 Å². The summed E-state index contributed by atoms with van der Waals surface area (Å²) < 4.78 is 23.4. The number of rotatable bonds is 12. The minimum absolute atomic E-state index is 0.0506. The molecule has 8 nitrogen and oxygen atoms in total. The molecule has 2 N–H and O–H groups in total. The number of fused-ring (bicyclic) bond motifs is 2. The first-order valence-electron chi connectivity index (χ1n) is 17.5. The number of benzene rings is 3. The number of carbonyl (C=O) groups is 2. The molecule has 0 aromatic heterocycles. The summed E-state index contributed by atoms with van der Waals surface area (Å²) in [4.78, 5) is 26.0. The van der Waals surface area contributed by atoms with Gasteiger partial charge in [-0.1, -0.05) is 74.7 Å². The zero-order valence-corrected chi connectivity index (χ0v) is 29.2. The Kier molecular flexibility index (Phi) is 11.9. The fraction of sp³-hybridized carbons (Fsp3) is 0.463. The van der Waals surface area contributed by atoms with Crippen LogP contribution >= 0.6 is 0 Å². The van der Waals surface area contributed by atoms with E-state index in [9.17, 15) is 19.8 Å². The average molecular weight is 671 g/mol. The van der Waals surface area contributed by atoms with Crippen LogP contribution in [0.25, 0.3) is 6.08 Å². The van der Waals surface area contributed by atoms with Gasteiger partial charge in [0.25, 0.3) is 0 Å². The summed E-state index contributed by atoms with van der Waals surface area (Å²) in [6.07, 6.45) is 10.2. The van der Waals surface area contributed by atoms with Crippen LogP contribution in [0.15, 0.2) is 66.7 Å². The Morgan fingerprint density at radius 1 is 0.878 bits per heavy atom. The van der Waals surface area contributed by atoms with E-state index in [4.69, 9.17) is 18.9 Å². The Morgan fingerprint density at radius 2 is 1.63 bits per heavy atom. The highest BCUT2D eigenvalue weighted by Crippen LogP contribution is 2.54. The van der Waals surface area contributed by atoms with Crippen LogP contribution in [0.1, 0.15) is 93.4 Å². The molecule has 8 heteroatoms. The van der Waals surface area contributed by atoms with Gasteiger partial charge < -0.3 is 29.2 Å². The number of carbonyl (C=O) groups excluding carboxylic acids is 2. The number of allylic oxidation sites excluding steroid dienone is 1. The van der Waals surface area contributed by atoms with E-state index in [0.29, 0.717) is 50.0 Å². The standard InChI is InChI=1S/C41H50O8/c1-5-6-7-11-14-40(45)49-33-19-31(29-15-16-35(43)38(22-29)46-3)25-41(18-17-28-12-9-8-10-13-28)26-32-21-36(44)39(47-4)23-30(32)20-34(41)37(24-33)48-27(2)42/h8-10,12-13,15-18,21-23,31,33-34,37,43-44H,5-7,11,14,19-20,24-26H2,1-4H3. The molecule has 0 heterocycles. The molecule has 3 aromatic rings. The molecule has 0 amide bonds. The number of ether oxygens (including phenoxy) is 4. The fourth-order valence-electron chi connectivity index (χ4n) is 7.86. The van der Waals surface area contributed by atoms with E-state index in [1.165, 1.54) is 21.1 Å². The van der Waals surface area contributed by atoms with Gasteiger partial charge in [-0.2, -0.15) is 0 Å². The molecule has 2 aliphatic rings. The number of hydrogen-bond donors (Lipinski definition) is 2. The molecular formula is C41H50O8. The second kappa shape index (κ2) is 16.3. The van der Waals surface area contributed by atoms with Crippen molar-refractivity contribution in [2.24, 2.45) is 11.3 Å². The number of methoxy groups -OCH3 is 2. The second-order valence-electron chi connectivity index (χ2n) is 13.6. The molecule has 0 bridgehead atoms. The highest BCUT2D eigenvalue weighted by atomic mass is 16.6. The lowest BCUT2D eigenvalue weighted by atomic mass is 9.56. The number of aromatic hydroxyl groups is 2. The highest BCUT2D eigenvalue weighted by Gasteiger charge is 2.50. The monoisotopic (exact) mass is 670 g/mol. The summed E-state index contributed by atoms with van der Waals surface area (Å²) in [5, 5.41) is 21.3. The van der Waals surface area contributed by atoms with Gasteiger partial charge in [-0.05, 0) is 90.0 Å². The number of unbranched alkanes of at least 4 members (excludes halogenated alkanes) is 3. The van der Waals surface area contributed by atoms with Gasteiger partial charge in [0.1, 0.15) is 12.2 Å². The molecule has 262 valence electrons. The predicted molar refractivity (Wildman–Crippen MR) is 189 cm³/mol. The van der Waals surface area contributed by atoms with Gasteiger partial charge in [0.2, 0.25) is 0 Å². The first-order chi connectivity index (χ1) is 23.6. The Balaban J connectivity index is 1.64. The summed E-state index contributed by atoms with van der Waals surface area (Å²) in [7, 11) is 3.06. The van der Waals surface area contributed by atoms with Gasteiger partial charge >= 0.3 is 11.9 Å². The molecule has 0 aliphatic heterocycles. The normalized spacial score (nSPS) is 23.4. The van der Waals surface area contributed by atoms with Crippen LogP contribution < -0.4 is 9.47 Å². The smallest absolute Gasteiger partial charge is 0.306 e. The first kappa shape index (κ1) is 35.8. The molecule has 0 saturated heterocycles. The fourth-order valence-corrected chi connectivity index (χ4v) is 7.86. The second-order valence-corrected chi connectivity index (χ2v) is 13.6. The highest BCUT2D eigenvalue weighted by molar-refractivity contribution is 5.69. The summed E-state index contributed by atoms with van der Waals surface area (Å²) in [5.74, 6) is -0.0275. The topological polar surface area (TPSA) is 112 Å². The van der Waals surface area contributed by atoms with Gasteiger partial charge in [-0.25, -0.2) is 0 Å². The van der Waals surface area contributed by atoms with Gasteiger partial charge in [-0.15, -0.1) is 0 Å². The van der Waals surface area contributed by atoms with Crippen LogP contribution in [0.3, 0.4) is 0 Å². The minimum Gasteiger partial charge on any atom is -0.504 e. The zero-order chi connectivity index (χ0) is 35.0. The largest absolute Gasteiger partial charge is 0.504 e. The van der Waals surface area contributed by atoms with Crippen molar-refractivity contribution in [3.05, 3.63) is 89.0 Å². The van der Waals surface area contributed by atoms with E-state index in [1.54, 1.807) is 12.1 Å². The Morgan fingerprint density at radius 3 is 2.35 bits per heavy atom.